The number of nitro groups is 1. The average Bonchev–Trinajstić information content (AvgIpc) is 2.65. The number of amides is 1. The Hall–Kier alpha value is -3.40. The van der Waals surface area contributed by atoms with Gasteiger partial charge in [-0.3, -0.25) is 14.9 Å². The van der Waals surface area contributed by atoms with E-state index in [1.54, 1.807) is 24.3 Å². The van der Waals surface area contributed by atoms with Crippen molar-refractivity contribution in [1.82, 2.24) is 5.32 Å². The number of nitrogens with zero attached hydrogens (tertiary/aromatic N) is 2. The second-order valence-electron chi connectivity index (χ2n) is 5.86. The molecular formula is C19H20N4O3. The van der Waals surface area contributed by atoms with Crippen molar-refractivity contribution in [3.05, 3.63) is 69.8 Å². The summed E-state index contributed by atoms with van der Waals surface area (Å²) >= 11 is 0. The van der Waals surface area contributed by atoms with Crippen LogP contribution in [0.2, 0.25) is 0 Å². The molecule has 0 saturated carbocycles. The van der Waals surface area contributed by atoms with Crippen LogP contribution >= 0.6 is 0 Å². The third kappa shape index (κ3) is 5.60. The molecule has 1 amide bonds. The predicted octanol–water partition coefficient (Wildman–Crippen LogP) is 3.54. The SMILES string of the molecule is CC(NC(=O)CCCNc1ccc([N+](=O)[O-])cc1)c1ccc(C#N)cc1. The van der Waals surface area contributed by atoms with Gasteiger partial charge in [0.15, 0.2) is 0 Å². The summed E-state index contributed by atoms with van der Waals surface area (Å²) in [6.45, 7) is 2.49. The van der Waals surface area contributed by atoms with Crippen molar-refractivity contribution in [2.24, 2.45) is 0 Å². The molecule has 0 radical (unpaired) electrons. The maximum Gasteiger partial charge on any atom is 0.269 e. The van der Waals surface area contributed by atoms with Crippen LogP contribution in [0, 0.1) is 21.4 Å². The number of hydrogen-bond donors (Lipinski definition) is 2. The van der Waals surface area contributed by atoms with Gasteiger partial charge in [0.25, 0.3) is 5.69 Å². The zero-order valence-electron chi connectivity index (χ0n) is 14.4. The van der Waals surface area contributed by atoms with Gasteiger partial charge in [0.05, 0.1) is 22.6 Å². The molecule has 0 heterocycles. The largest absolute Gasteiger partial charge is 0.385 e. The van der Waals surface area contributed by atoms with Gasteiger partial charge >= 0.3 is 0 Å². The Morgan fingerprint density at radius 1 is 1.19 bits per heavy atom. The van der Waals surface area contributed by atoms with E-state index in [1.807, 2.05) is 19.1 Å². The first-order valence-corrected chi connectivity index (χ1v) is 8.27. The monoisotopic (exact) mass is 352 g/mol. The summed E-state index contributed by atoms with van der Waals surface area (Å²) < 4.78 is 0. The summed E-state index contributed by atoms with van der Waals surface area (Å²) in [4.78, 5) is 22.2. The second-order valence-corrected chi connectivity index (χ2v) is 5.86. The molecule has 0 bridgehead atoms. The fourth-order valence-electron chi connectivity index (χ4n) is 2.43. The molecule has 0 aliphatic carbocycles. The molecule has 0 spiro atoms. The second kappa shape index (κ2) is 9.18. The first-order chi connectivity index (χ1) is 12.5. The van der Waals surface area contributed by atoms with Crippen molar-refractivity contribution in [3.63, 3.8) is 0 Å². The molecule has 2 N–H and O–H groups in total. The Kier molecular flexibility index (Phi) is 6.68. The van der Waals surface area contributed by atoms with Crippen molar-refractivity contribution in [1.29, 1.82) is 5.26 Å². The first-order valence-electron chi connectivity index (χ1n) is 8.27. The zero-order valence-corrected chi connectivity index (χ0v) is 14.4. The Labute approximate surface area is 151 Å². The highest BCUT2D eigenvalue weighted by Gasteiger charge is 2.09. The van der Waals surface area contributed by atoms with Gasteiger partial charge < -0.3 is 10.6 Å². The smallest absolute Gasteiger partial charge is 0.269 e. The van der Waals surface area contributed by atoms with E-state index in [2.05, 4.69) is 16.7 Å². The van der Waals surface area contributed by atoms with Gasteiger partial charge in [-0.05, 0) is 43.2 Å². The van der Waals surface area contributed by atoms with Gasteiger partial charge in [-0.2, -0.15) is 5.26 Å². The number of nitrogens with one attached hydrogen (secondary N) is 2. The summed E-state index contributed by atoms with van der Waals surface area (Å²) in [5.74, 6) is -0.0487. The van der Waals surface area contributed by atoms with E-state index in [-0.39, 0.29) is 17.6 Å². The first kappa shape index (κ1) is 18.9. The van der Waals surface area contributed by atoms with Crippen molar-refractivity contribution >= 4 is 17.3 Å². The van der Waals surface area contributed by atoms with E-state index in [1.165, 1.54) is 12.1 Å². The molecule has 26 heavy (non-hydrogen) atoms. The van der Waals surface area contributed by atoms with Gasteiger partial charge in [-0.25, -0.2) is 0 Å². The lowest BCUT2D eigenvalue weighted by atomic mass is 10.1. The fourth-order valence-corrected chi connectivity index (χ4v) is 2.43. The molecule has 0 aliphatic heterocycles. The molecule has 1 atom stereocenters. The standard InChI is InChI=1S/C19H20N4O3/c1-14(16-6-4-15(13-20)5-7-16)22-19(24)3-2-12-21-17-8-10-18(11-9-17)23(25)26/h4-11,14,21H,2-3,12H2,1H3,(H,22,24). The Morgan fingerprint density at radius 3 is 2.42 bits per heavy atom. The molecule has 0 aliphatic rings. The van der Waals surface area contributed by atoms with E-state index >= 15 is 0 Å². The number of nitriles is 1. The Morgan fingerprint density at radius 2 is 1.85 bits per heavy atom. The van der Waals surface area contributed by atoms with Gasteiger partial charge in [-0.15, -0.1) is 0 Å². The van der Waals surface area contributed by atoms with Gasteiger partial charge in [0.1, 0.15) is 0 Å². The van der Waals surface area contributed by atoms with Crippen LogP contribution in [0.3, 0.4) is 0 Å². The maximum absolute atomic E-state index is 12.0. The van der Waals surface area contributed by atoms with Crippen LogP contribution in [-0.2, 0) is 4.79 Å². The van der Waals surface area contributed by atoms with Crippen LogP contribution in [0.4, 0.5) is 11.4 Å². The number of non-ortho nitro benzene ring substituents is 1. The lowest BCUT2D eigenvalue weighted by molar-refractivity contribution is -0.384. The molecular weight excluding hydrogens is 332 g/mol. The molecule has 1 unspecified atom stereocenters. The summed E-state index contributed by atoms with van der Waals surface area (Å²) in [7, 11) is 0. The van der Waals surface area contributed by atoms with Gasteiger partial charge in [0.2, 0.25) is 5.91 Å². The summed E-state index contributed by atoms with van der Waals surface area (Å²) in [5.41, 5.74) is 2.36. The lowest BCUT2D eigenvalue weighted by Crippen LogP contribution is -2.26. The third-order valence-electron chi connectivity index (χ3n) is 3.91. The molecule has 0 saturated heterocycles. The number of benzene rings is 2. The van der Waals surface area contributed by atoms with Crippen LogP contribution in [0.15, 0.2) is 48.5 Å². The van der Waals surface area contributed by atoms with E-state index in [4.69, 9.17) is 5.26 Å². The minimum absolute atomic E-state index is 0.0479. The number of carbonyl (C=O) groups excluding carboxylic acids is 1. The van der Waals surface area contributed by atoms with Crippen molar-refractivity contribution in [2.75, 3.05) is 11.9 Å². The van der Waals surface area contributed by atoms with Crippen LogP contribution in [-0.4, -0.2) is 17.4 Å². The zero-order chi connectivity index (χ0) is 18.9. The predicted molar refractivity (Wildman–Crippen MR) is 98.5 cm³/mol. The number of nitro benzene ring substituents is 1. The normalized spacial score (nSPS) is 11.2. The summed E-state index contributed by atoms with van der Waals surface area (Å²) in [6, 6.07) is 15.2. The molecule has 134 valence electrons. The van der Waals surface area contributed by atoms with Crippen molar-refractivity contribution in [2.45, 2.75) is 25.8 Å². The Balaban J connectivity index is 1.71. The van der Waals surface area contributed by atoms with Crippen LogP contribution in [0.1, 0.15) is 36.9 Å². The van der Waals surface area contributed by atoms with E-state index in [0.717, 1.165) is 11.3 Å². The highest BCUT2D eigenvalue weighted by molar-refractivity contribution is 5.76. The van der Waals surface area contributed by atoms with Crippen molar-refractivity contribution in [3.8, 4) is 6.07 Å². The Bertz CT molecular complexity index is 795. The molecule has 2 aromatic carbocycles. The van der Waals surface area contributed by atoms with Crippen LogP contribution < -0.4 is 10.6 Å². The number of anilines is 1. The van der Waals surface area contributed by atoms with Crippen molar-refractivity contribution < 1.29 is 9.72 Å². The van der Waals surface area contributed by atoms with E-state index in [0.29, 0.717) is 24.9 Å². The molecule has 0 aromatic heterocycles. The minimum atomic E-state index is -0.441. The highest BCUT2D eigenvalue weighted by Crippen LogP contribution is 2.16. The van der Waals surface area contributed by atoms with E-state index in [9.17, 15) is 14.9 Å². The number of hydrogen-bond acceptors (Lipinski definition) is 5. The topological polar surface area (TPSA) is 108 Å². The van der Waals surface area contributed by atoms with E-state index < -0.39 is 4.92 Å². The highest BCUT2D eigenvalue weighted by atomic mass is 16.6. The minimum Gasteiger partial charge on any atom is -0.385 e. The third-order valence-corrected chi connectivity index (χ3v) is 3.91. The summed E-state index contributed by atoms with van der Waals surface area (Å²) in [5, 5.41) is 25.5. The molecule has 0 fully saturated rings. The maximum atomic E-state index is 12.0. The van der Waals surface area contributed by atoms with Crippen LogP contribution in [0.25, 0.3) is 0 Å². The number of carbonyl (C=O) groups is 1. The molecule has 7 nitrogen and oxygen atoms in total. The van der Waals surface area contributed by atoms with Crippen LogP contribution in [0.5, 0.6) is 0 Å². The molecule has 2 rings (SSSR count). The lowest BCUT2D eigenvalue weighted by Gasteiger charge is -2.14. The molecule has 7 heteroatoms. The van der Waals surface area contributed by atoms with Gasteiger partial charge in [0, 0.05) is 30.8 Å². The fraction of sp³-hybridized carbons (Fsp3) is 0.263. The quantitative estimate of drug-likeness (QED) is 0.429. The average molecular weight is 352 g/mol. The molecule has 2 aromatic rings. The van der Waals surface area contributed by atoms with Gasteiger partial charge in [-0.1, -0.05) is 12.1 Å². The summed E-state index contributed by atoms with van der Waals surface area (Å²) in [6.07, 6.45) is 1.02. The number of rotatable bonds is 8.